The molecular weight excluding hydrogens is 350 g/mol. The Kier molecular flexibility index (Phi) is 5.33. The van der Waals surface area contributed by atoms with Crippen molar-refractivity contribution >= 4 is 16.9 Å². The highest BCUT2D eigenvalue weighted by Crippen LogP contribution is 2.17. The summed E-state index contributed by atoms with van der Waals surface area (Å²) in [7, 11) is 1.79. The molecule has 0 aliphatic heterocycles. The van der Waals surface area contributed by atoms with Crippen LogP contribution in [0.3, 0.4) is 0 Å². The van der Waals surface area contributed by atoms with Crippen LogP contribution in [0.15, 0.2) is 72.4 Å². The normalized spacial score (nSPS) is 11.7. The summed E-state index contributed by atoms with van der Waals surface area (Å²) in [4.78, 5) is 11.6. The Balaban J connectivity index is 1.28. The maximum absolute atomic E-state index is 4.31. The third-order valence-corrected chi connectivity index (χ3v) is 4.66. The molecule has 142 valence electrons. The summed E-state index contributed by atoms with van der Waals surface area (Å²) < 4.78 is 1.74. The predicted molar refractivity (Wildman–Crippen MR) is 112 cm³/mol. The van der Waals surface area contributed by atoms with Gasteiger partial charge in [0.25, 0.3) is 0 Å². The van der Waals surface area contributed by atoms with Crippen LogP contribution in [0, 0.1) is 0 Å². The van der Waals surface area contributed by atoms with Gasteiger partial charge in [-0.05, 0) is 35.7 Å². The number of nitrogens with one attached hydrogen (secondary N) is 3. The molecule has 0 bridgehead atoms. The van der Waals surface area contributed by atoms with Crippen molar-refractivity contribution in [1.82, 2.24) is 30.4 Å². The van der Waals surface area contributed by atoms with Crippen LogP contribution < -0.4 is 10.6 Å². The summed E-state index contributed by atoms with van der Waals surface area (Å²) >= 11 is 0. The lowest BCUT2D eigenvalue weighted by Gasteiger charge is -2.12. The highest BCUT2D eigenvalue weighted by atomic mass is 15.3. The zero-order valence-corrected chi connectivity index (χ0v) is 15.8. The van der Waals surface area contributed by atoms with Gasteiger partial charge in [0.2, 0.25) is 0 Å². The lowest BCUT2D eigenvalue weighted by atomic mass is 10.1. The van der Waals surface area contributed by atoms with E-state index < -0.39 is 0 Å². The summed E-state index contributed by atoms with van der Waals surface area (Å²) in [5, 5.41) is 12.1. The van der Waals surface area contributed by atoms with Gasteiger partial charge in [-0.3, -0.25) is 4.99 Å². The molecule has 0 unspecified atom stereocenters. The molecule has 0 radical (unpaired) electrons. The zero-order valence-electron chi connectivity index (χ0n) is 15.8. The maximum Gasteiger partial charge on any atom is 0.191 e. The lowest BCUT2D eigenvalue weighted by molar-refractivity contribution is 0.795. The van der Waals surface area contributed by atoms with Crippen LogP contribution >= 0.6 is 0 Å². The summed E-state index contributed by atoms with van der Waals surface area (Å²) in [5.41, 5.74) is 4.64. The molecule has 7 heteroatoms. The Morgan fingerprint density at radius 1 is 1.11 bits per heavy atom. The number of nitrogens with zero attached hydrogens (tertiary/aromatic N) is 4. The smallest absolute Gasteiger partial charge is 0.191 e. The van der Waals surface area contributed by atoms with Crippen LogP contribution in [0.5, 0.6) is 0 Å². The van der Waals surface area contributed by atoms with Crippen molar-refractivity contribution in [3.05, 3.63) is 78.5 Å². The molecule has 4 rings (SSSR count). The third kappa shape index (κ3) is 4.03. The van der Waals surface area contributed by atoms with Gasteiger partial charge in [-0.2, -0.15) is 5.10 Å². The Morgan fingerprint density at radius 3 is 2.75 bits per heavy atom. The quantitative estimate of drug-likeness (QED) is 0.358. The van der Waals surface area contributed by atoms with E-state index in [0.29, 0.717) is 6.54 Å². The molecule has 2 heterocycles. The van der Waals surface area contributed by atoms with Crippen molar-refractivity contribution in [1.29, 1.82) is 0 Å². The fraction of sp³-hybridized carbons (Fsp3) is 0.190. The Morgan fingerprint density at radius 2 is 1.96 bits per heavy atom. The second kappa shape index (κ2) is 8.39. The van der Waals surface area contributed by atoms with Gasteiger partial charge in [-0.25, -0.2) is 9.67 Å². The van der Waals surface area contributed by atoms with Crippen LogP contribution in [0.25, 0.3) is 16.6 Å². The monoisotopic (exact) mass is 373 g/mol. The van der Waals surface area contributed by atoms with Crippen molar-refractivity contribution in [2.24, 2.45) is 4.99 Å². The van der Waals surface area contributed by atoms with Gasteiger partial charge in [0, 0.05) is 37.2 Å². The number of H-pyrrole nitrogens is 1. The van der Waals surface area contributed by atoms with Gasteiger partial charge < -0.3 is 15.6 Å². The van der Waals surface area contributed by atoms with Crippen LogP contribution in [-0.4, -0.2) is 39.3 Å². The molecule has 7 nitrogen and oxygen atoms in total. The van der Waals surface area contributed by atoms with Gasteiger partial charge in [-0.15, -0.1) is 0 Å². The van der Waals surface area contributed by atoms with Crippen molar-refractivity contribution in [3.8, 4) is 5.69 Å². The first kappa shape index (κ1) is 17.8. The molecule has 28 heavy (non-hydrogen) atoms. The minimum absolute atomic E-state index is 0.699. The fourth-order valence-corrected chi connectivity index (χ4v) is 3.17. The van der Waals surface area contributed by atoms with Crippen LogP contribution in [0.4, 0.5) is 0 Å². The highest BCUT2D eigenvalue weighted by Gasteiger charge is 2.04. The molecule has 0 saturated carbocycles. The van der Waals surface area contributed by atoms with E-state index in [-0.39, 0.29) is 0 Å². The minimum Gasteiger partial charge on any atom is -0.361 e. The topological polar surface area (TPSA) is 82.9 Å². The Bertz CT molecular complexity index is 1050. The molecule has 0 aliphatic rings. The second-order valence-corrected chi connectivity index (χ2v) is 6.47. The SMILES string of the molecule is CN=C(NCCc1c[nH]c2ccccc12)NCc1ccc(-n2cncn2)cc1. The molecule has 2 aromatic heterocycles. The molecular formula is C21H23N7. The Labute approximate surface area is 163 Å². The number of benzene rings is 2. The standard InChI is InChI=1S/C21H23N7/c1-22-21(24-11-10-17-13-25-20-5-3-2-4-19(17)20)26-12-16-6-8-18(9-7-16)28-15-23-14-27-28/h2-9,13-15,25H,10-12H2,1H3,(H2,22,24,26). The van der Waals surface area contributed by atoms with Gasteiger partial charge in [-0.1, -0.05) is 30.3 Å². The summed E-state index contributed by atoms with van der Waals surface area (Å²) in [6.07, 6.45) is 6.23. The van der Waals surface area contributed by atoms with Gasteiger partial charge in [0.05, 0.1) is 5.69 Å². The van der Waals surface area contributed by atoms with Gasteiger partial charge >= 0.3 is 0 Å². The molecule has 4 aromatic rings. The van der Waals surface area contributed by atoms with Crippen LogP contribution in [-0.2, 0) is 13.0 Å². The first-order valence-electron chi connectivity index (χ1n) is 9.27. The van der Waals surface area contributed by atoms with Crippen molar-refractivity contribution < 1.29 is 0 Å². The molecule has 0 fully saturated rings. The number of fused-ring (bicyclic) bond motifs is 1. The van der Waals surface area contributed by atoms with E-state index in [1.807, 2.05) is 18.2 Å². The largest absolute Gasteiger partial charge is 0.361 e. The van der Waals surface area contributed by atoms with E-state index in [1.54, 1.807) is 18.1 Å². The van der Waals surface area contributed by atoms with E-state index in [4.69, 9.17) is 0 Å². The molecule has 0 atom stereocenters. The minimum atomic E-state index is 0.699. The average Bonchev–Trinajstić information content (AvgIpc) is 3.41. The van der Waals surface area contributed by atoms with E-state index in [2.05, 4.69) is 67.2 Å². The zero-order chi connectivity index (χ0) is 19.2. The number of para-hydroxylation sites is 1. The van der Waals surface area contributed by atoms with E-state index in [0.717, 1.165) is 24.6 Å². The average molecular weight is 373 g/mol. The van der Waals surface area contributed by atoms with Crippen LogP contribution in [0.2, 0.25) is 0 Å². The maximum atomic E-state index is 4.31. The molecule has 0 amide bonds. The van der Waals surface area contributed by atoms with Gasteiger partial charge in [0.1, 0.15) is 12.7 Å². The number of hydrogen-bond donors (Lipinski definition) is 3. The lowest BCUT2D eigenvalue weighted by Crippen LogP contribution is -2.37. The fourth-order valence-electron chi connectivity index (χ4n) is 3.17. The highest BCUT2D eigenvalue weighted by molar-refractivity contribution is 5.83. The number of aromatic amines is 1. The third-order valence-electron chi connectivity index (χ3n) is 4.66. The molecule has 0 saturated heterocycles. The number of aromatic nitrogens is 4. The summed E-state index contributed by atoms with van der Waals surface area (Å²) in [6, 6.07) is 16.6. The van der Waals surface area contributed by atoms with Crippen molar-refractivity contribution in [2.75, 3.05) is 13.6 Å². The second-order valence-electron chi connectivity index (χ2n) is 6.47. The van der Waals surface area contributed by atoms with Gasteiger partial charge in [0.15, 0.2) is 5.96 Å². The summed E-state index contributed by atoms with van der Waals surface area (Å²) in [6.45, 7) is 1.51. The first-order valence-corrected chi connectivity index (χ1v) is 9.27. The molecule has 3 N–H and O–H groups in total. The molecule has 2 aromatic carbocycles. The van der Waals surface area contributed by atoms with E-state index in [1.165, 1.54) is 28.4 Å². The molecule has 0 spiro atoms. The van der Waals surface area contributed by atoms with Crippen molar-refractivity contribution in [2.45, 2.75) is 13.0 Å². The first-order chi connectivity index (χ1) is 13.8. The van der Waals surface area contributed by atoms with E-state index in [9.17, 15) is 0 Å². The van der Waals surface area contributed by atoms with Crippen LogP contribution in [0.1, 0.15) is 11.1 Å². The van der Waals surface area contributed by atoms with Crippen molar-refractivity contribution in [3.63, 3.8) is 0 Å². The molecule has 0 aliphatic carbocycles. The number of guanidine groups is 1. The summed E-state index contributed by atoms with van der Waals surface area (Å²) in [5.74, 6) is 0.792. The number of rotatable bonds is 6. The predicted octanol–water partition coefficient (Wildman–Crippen LogP) is 2.66. The van der Waals surface area contributed by atoms with E-state index >= 15 is 0 Å². The Hall–Kier alpha value is -3.61. The number of hydrogen-bond acceptors (Lipinski definition) is 3. The number of aliphatic imine (C=N–C) groups is 1.